The van der Waals surface area contributed by atoms with E-state index in [2.05, 4.69) is 11.4 Å². The Morgan fingerprint density at radius 3 is 2.34 bits per heavy atom. The molecule has 1 aliphatic heterocycles. The average Bonchev–Trinajstić information content (AvgIpc) is 3.13. The minimum absolute atomic E-state index is 0.00695. The van der Waals surface area contributed by atoms with Crippen LogP contribution in [0.4, 0.5) is 0 Å². The molecular weight excluding hydrogens is 616 g/mol. The summed E-state index contributed by atoms with van der Waals surface area (Å²) < 4.78 is 18.6. The molecule has 0 unspecified atom stereocenters. The first-order valence-electron chi connectivity index (χ1n) is 15.6. The summed E-state index contributed by atoms with van der Waals surface area (Å²) in [5, 5.41) is 21.0. The van der Waals surface area contributed by atoms with E-state index in [1.165, 1.54) is 0 Å². The lowest BCUT2D eigenvalue weighted by atomic mass is 9.99. The average molecular weight is 657 g/mol. The highest BCUT2D eigenvalue weighted by atomic mass is 32.2. The van der Waals surface area contributed by atoms with Crippen LogP contribution in [0.25, 0.3) is 11.1 Å². The normalized spacial score (nSPS) is 17.6. The second kappa shape index (κ2) is 17.1. The molecule has 246 valence electrons. The third kappa shape index (κ3) is 9.66. The maximum absolute atomic E-state index is 12.2. The van der Waals surface area contributed by atoms with Crippen LogP contribution in [-0.4, -0.2) is 41.1 Å². The van der Waals surface area contributed by atoms with Crippen molar-refractivity contribution in [3.05, 3.63) is 119 Å². The monoisotopic (exact) mass is 656 g/mol. The molecule has 10 heteroatoms. The molecule has 1 fully saturated rings. The molecule has 2 amide bonds. The lowest BCUT2D eigenvalue weighted by Crippen LogP contribution is -2.31. The van der Waals surface area contributed by atoms with Crippen molar-refractivity contribution < 1.29 is 34.1 Å². The largest absolute Gasteiger partial charge is 0.496 e. The van der Waals surface area contributed by atoms with E-state index in [4.69, 9.17) is 19.4 Å². The number of para-hydroxylation sites is 1. The summed E-state index contributed by atoms with van der Waals surface area (Å²) >= 11 is 1.70. The van der Waals surface area contributed by atoms with Crippen LogP contribution in [0.1, 0.15) is 60.3 Å². The maximum atomic E-state index is 12.2. The highest BCUT2D eigenvalue weighted by Crippen LogP contribution is 2.40. The number of benzene rings is 4. The predicted octanol–water partition coefficient (Wildman–Crippen LogP) is 6.48. The van der Waals surface area contributed by atoms with Gasteiger partial charge in [0.15, 0.2) is 6.29 Å². The van der Waals surface area contributed by atoms with Gasteiger partial charge in [-0.25, -0.2) is 5.48 Å². The molecule has 0 aliphatic carbocycles. The quantitative estimate of drug-likeness (QED) is 0.0690. The summed E-state index contributed by atoms with van der Waals surface area (Å²) in [6.07, 6.45) is 0.525. The number of hydrogen-bond donors (Lipinski definition) is 4. The smallest absolute Gasteiger partial charge is 0.243 e. The number of aliphatic hydroxyl groups is 1. The Balaban J connectivity index is 1.26. The van der Waals surface area contributed by atoms with Gasteiger partial charge in [-0.2, -0.15) is 0 Å². The number of ether oxygens (including phenoxy) is 3. The third-order valence-electron chi connectivity index (χ3n) is 7.97. The molecule has 4 aromatic carbocycles. The standard InChI is InChI=1S/C37H40N2O7S/c1-44-32-8-2-3-9-34(32)47-24-31-21-33(28-14-12-25(23-40)13-15-28)46-37(45-31)29-18-16-27(17-19-29)30-7-4-6-26(20-30)22-38-35(41)10-5-11-36(42)39-43/h2-4,6-9,12-20,31,33,37,40,43H,5,10-11,21-24H2,1H3,(H,38,41)(H,39,42)/t31-,33+,37+/m0/s1. The van der Waals surface area contributed by atoms with Gasteiger partial charge in [-0.1, -0.05) is 78.9 Å². The van der Waals surface area contributed by atoms with Crippen molar-refractivity contribution in [2.75, 3.05) is 12.9 Å². The lowest BCUT2D eigenvalue weighted by Gasteiger charge is -2.36. The van der Waals surface area contributed by atoms with Crippen molar-refractivity contribution in [3.8, 4) is 16.9 Å². The van der Waals surface area contributed by atoms with Crippen molar-refractivity contribution in [3.63, 3.8) is 0 Å². The number of carbonyl (C=O) groups excluding carboxylic acids is 2. The zero-order chi connectivity index (χ0) is 33.0. The molecule has 4 N–H and O–H groups in total. The van der Waals surface area contributed by atoms with E-state index in [0.717, 1.165) is 49.8 Å². The van der Waals surface area contributed by atoms with Crippen molar-refractivity contribution in [1.82, 2.24) is 10.8 Å². The Morgan fingerprint density at radius 1 is 0.851 bits per heavy atom. The zero-order valence-electron chi connectivity index (χ0n) is 26.3. The second-order valence-corrected chi connectivity index (χ2v) is 12.4. The highest BCUT2D eigenvalue weighted by Gasteiger charge is 2.32. The number of hydrogen-bond acceptors (Lipinski definition) is 8. The second-order valence-electron chi connectivity index (χ2n) is 11.3. The first-order chi connectivity index (χ1) is 22.9. The van der Waals surface area contributed by atoms with Crippen LogP contribution in [0.2, 0.25) is 0 Å². The summed E-state index contributed by atoms with van der Waals surface area (Å²) in [4.78, 5) is 24.4. The molecule has 0 aromatic heterocycles. The summed E-state index contributed by atoms with van der Waals surface area (Å²) in [6.45, 7) is 0.364. The molecule has 0 spiro atoms. The molecule has 47 heavy (non-hydrogen) atoms. The van der Waals surface area contributed by atoms with E-state index in [-0.39, 0.29) is 37.6 Å². The topological polar surface area (TPSA) is 126 Å². The van der Waals surface area contributed by atoms with E-state index < -0.39 is 12.2 Å². The van der Waals surface area contributed by atoms with E-state index in [0.29, 0.717) is 19.4 Å². The number of thioether (sulfide) groups is 1. The van der Waals surface area contributed by atoms with E-state index >= 15 is 0 Å². The number of aliphatic hydroxyl groups excluding tert-OH is 1. The number of hydroxylamine groups is 1. The summed E-state index contributed by atoms with van der Waals surface area (Å²) in [5.74, 6) is 0.906. The van der Waals surface area contributed by atoms with Crippen LogP contribution in [0.3, 0.4) is 0 Å². The first-order valence-corrected chi connectivity index (χ1v) is 16.6. The van der Waals surface area contributed by atoms with E-state index in [1.54, 1.807) is 24.4 Å². The van der Waals surface area contributed by atoms with Gasteiger partial charge >= 0.3 is 0 Å². The van der Waals surface area contributed by atoms with Crippen molar-refractivity contribution in [2.24, 2.45) is 0 Å². The Morgan fingerprint density at radius 2 is 1.60 bits per heavy atom. The Bertz CT molecular complexity index is 1610. The number of nitrogens with one attached hydrogen (secondary N) is 2. The minimum atomic E-state index is -0.561. The number of rotatable bonds is 14. The summed E-state index contributed by atoms with van der Waals surface area (Å²) in [7, 11) is 1.68. The van der Waals surface area contributed by atoms with Gasteiger partial charge in [0.2, 0.25) is 11.8 Å². The van der Waals surface area contributed by atoms with Gasteiger partial charge in [0.25, 0.3) is 0 Å². The van der Waals surface area contributed by atoms with Crippen molar-refractivity contribution in [2.45, 2.75) is 62.2 Å². The van der Waals surface area contributed by atoms with Gasteiger partial charge in [-0.15, -0.1) is 11.8 Å². The zero-order valence-corrected chi connectivity index (χ0v) is 27.1. The van der Waals surface area contributed by atoms with Crippen LogP contribution < -0.4 is 15.5 Å². The van der Waals surface area contributed by atoms with Crippen LogP contribution >= 0.6 is 11.8 Å². The molecule has 1 heterocycles. The van der Waals surface area contributed by atoms with Crippen molar-refractivity contribution >= 4 is 23.6 Å². The SMILES string of the molecule is COc1ccccc1SC[C@@H]1C[C@H](c2ccc(CO)cc2)O[C@H](c2ccc(-c3cccc(CNC(=O)CCCC(=O)NO)c3)cc2)O1. The maximum Gasteiger partial charge on any atom is 0.243 e. The van der Waals surface area contributed by atoms with Gasteiger partial charge in [0, 0.05) is 42.0 Å². The van der Waals surface area contributed by atoms with Crippen LogP contribution in [0, 0.1) is 0 Å². The van der Waals surface area contributed by atoms with Gasteiger partial charge in [-0.05, 0) is 52.4 Å². The fourth-order valence-electron chi connectivity index (χ4n) is 5.39. The number of amides is 2. The molecular formula is C37H40N2O7S. The molecule has 0 bridgehead atoms. The van der Waals surface area contributed by atoms with Crippen LogP contribution in [0.15, 0.2) is 102 Å². The minimum Gasteiger partial charge on any atom is -0.496 e. The number of methoxy groups -OCH3 is 1. The molecule has 0 radical (unpaired) electrons. The molecule has 1 saturated heterocycles. The summed E-state index contributed by atoms with van der Waals surface area (Å²) in [6, 6.07) is 32.0. The molecule has 4 aromatic rings. The van der Waals surface area contributed by atoms with Gasteiger partial charge < -0.3 is 24.6 Å². The number of carbonyl (C=O) groups is 2. The molecule has 5 rings (SSSR count). The van der Waals surface area contributed by atoms with Crippen LogP contribution in [-0.2, 0) is 32.2 Å². The van der Waals surface area contributed by atoms with Gasteiger partial charge in [0.05, 0.1) is 25.9 Å². The van der Waals surface area contributed by atoms with Gasteiger partial charge in [-0.3, -0.25) is 14.8 Å². The fourth-order valence-corrected chi connectivity index (χ4v) is 6.44. The van der Waals surface area contributed by atoms with Gasteiger partial charge in [0.1, 0.15) is 5.75 Å². The highest BCUT2D eigenvalue weighted by molar-refractivity contribution is 7.99. The predicted molar refractivity (Wildman–Crippen MR) is 180 cm³/mol. The van der Waals surface area contributed by atoms with Crippen LogP contribution in [0.5, 0.6) is 5.75 Å². The summed E-state index contributed by atoms with van der Waals surface area (Å²) in [5.41, 5.74) is 7.37. The fraction of sp³-hybridized carbons (Fsp3) is 0.297. The van der Waals surface area contributed by atoms with E-state index in [1.807, 2.05) is 91.0 Å². The molecule has 3 atom stereocenters. The third-order valence-corrected chi connectivity index (χ3v) is 9.16. The Kier molecular flexibility index (Phi) is 12.4. The molecule has 0 saturated carbocycles. The molecule has 1 aliphatic rings. The lowest BCUT2D eigenvalue weighted by molar-refractivity contribution is -0.245. The molecule has 9 nitrogen and oxygen atoms in total. The Hall–Kier alpha value is -4.19. The van der Waals surface area contributed by atoms with Crippen molar-refractivity contribution in [1.29, 1.82) is 0 Å². The Labute approximate surface area is 279 Å². The van der Waals surface area contributed by atoms with E-state index in [9.17, 15) is 14.7 Å². The first kappa shape index (κ1) is 34.2.